The van der Waals surface area contributed by atoms with Crippen LogP contribution < -0.4 is 32.2 Å². The van der Waals surface area contributed by atoms with Crippen molar-refractivity contribution in [2.75, 3.05) is 79.0 Å². The molecule has 6 unspecified atom stereocenters. The zero-order valence-electron chi connectivity index (χ0n) is 80.4. The number of carbonyl (C=O) groups is 9. The SMILES string of the molecule is C#Cc1cc(C(=O)NC(Cc2cc(F)cc(F)c2)C(O)CN(CCC)NC(=O)CC(C)C)cc(C(=O)N(CCC)CCC)c1.C#Cc1cc(C(=O)NC(Cc2cc(F)cc(F)c2)C(O)CN(CCCC)NC(=O)CC(C)C)cc(C(=O)N(CCC)CCC)c1.CC#Cc1cc(C(=O)NC(Cc2cc(F)cc(F)c2)C(O)CN(C)NC(=O)Cc2ccccc2)cc(C(=O)N(CCC)CCC)c1. The van der Waals surface area contributed by atoms with Crippen molar-refractivity contribution in [2.24, 2.45) is 11.8 Å². The zero-order chi connectivity index (χ0) is 100.0. The van der Waals surface area contributed by atoms with Gasteiger partial charge in [-0.05, 0) is 203 Å². The van der Waals surface area contributed by atoms with Crippen molar-refractivity contribution in [2.45, 2.75) is 223 Å². The highest BCUT2D eigenvalue weighted by Gasteiger charge is 2.32. The molecule has 0 fully saturated rings. The van der Waals surface area contributed by atoms with Gasteiger partial charge < -0.3 is 46.0 Å². The van der Waals surface area contributed by atoms with E-state index in [0.29, 0.717) is 93.9 Å². The quantitative estimate of drug-likeness (QED) is 0.00973. The van der Waals surface area contributed by atoms with E-state index in [9.17, 15) is 84.8 Å². The second kappa shape index (κ2) is 59.5. The molecule has 0 aliphatic rings. The number of benzene rings is 7. The Hall–Kier alpha value is -12.2. The number of hydrogen-bond donors (Lipinski definition) is 9. The maximum absolute atomic E-state index is 14.1. The predicted octanol–water partition coefficient (Wildman–Crippen LogP) is 14.3. The van der Waals surface area contributed by atoms with Crippen LogP contribution in [0.15, 0.2) is 140 Å². The van der Waals surface area contributed by atoms with Crippen LogP contribution in [-0.4, -0.2) is 214 Å². The summed E-state index contributed by atoms with van der Waals surface area (Å²) in [6, 6.07) is 28.8. The Morgan fingerprint density at radius 2 is 0.667 bits per heavy atom. The van der Waals surface area contributed by atoms with Gasteiger partial charge in [-0.25, -0.2) is 41.4 Å². The van der Waals surface area contributed by atoms with Crippen LogP contribution in [0, 0.1) is 83.3 Å². The number of unbranched alkanes of at least 4 members (excludes halogenated alkanes) is 1. The number of likely N-dealkylation sites (N-methyl/N-ethyl adjacent to an activating group) is 1. The van der Waals surface area contributed by atoms with Crippen LogP contribution in [0.4, 0.5) is 26.3 Å². The number of terminal acetylenes is 2. The first-order valence-electron chi connectivity index (χ1n) is 46.5. The van der Waals surface area contributed by atoms with Gasteiger partial charge in [-0.3, -0.25) is 59.4 Å². The van der Waals surface area contributed by atoms with Gasteiger partial charge >= 0.3 is 0 Å². The van der Waals surface area contributed by atoms with E-state index in [1.165, 1.54) is 35.3 Å². The molecule has 7 aromatic rings. The van der Waals surface area contributed by atoms with Gasteiger partial charge in [0.25, 0.3) is 35.4 Å². The normalized spacial score (nSPS) is 12.3. The Balaban J connectivity index is 0.000000358. The van der Waals surface area contributed by atoms with E-state index >= 15 is 0 Å². The lowest BCUT2D eigenvalue weighted by atomic mass is 9.99. The van der Waals surface area contributed by atoms with E-state index in [4.69, 9.17) is 12.8 Å². The van der Waals surface area contributed by atoms with Gasteiger partial charge in [-0.15, -0.1) is 18.8 Å². The Labute approximate surface area is 792 Å². The standard InChI is InChI=1S/C36H42F2N4O4.C35H48F2N4O4.C34H46F2N4O4/c1-5-11-26-16-28(22-29(17-26)36(46)42(14-6-2)15-7-3)35(45)39-32(20-27-18-30(37)23-31(38)19-27)33(43)24-41(4)40-34(44)21-25-12-9-8-10-13-25;1-7-11-14-41(39-33(43)15-24(5)6)23-32(42)31(20-26-18-29(36)22-30(37)19-26)38-34(44)27-16-25(10-4)17-28(21-27)35(45)40(12-8-2)13-9-3;1-7-11-39(12-8-2)34(44)27-16-24(10-4)15-26(20-27)33(43)37-30(19-25-17-28(35)21-29(36)18-25)31(41)22-40(13-9-3)38-32(42)14-23(5)6/h8-10,12-13,16-19,22-23,32-33,43H,6-7,14-15,20-21,24H2,1-4H3,(H,39,45)(H,40,44);4,16-19,21-22,24,31-32,42H,7-9,11-15,20,23H2,1-3,5-6H3,(H,38,44)(H,39,43);4,15-18,20-21,23,30-31,41H,7-9,11-14,19,22H2,1-3,5-6H3,(H,37,43)(H,38,42). The van der Waals surface area contributed by atoms with E-state index in [1.807, 2.05) is 113 Å². The van der Waals surface area contributed by atoms with E-state index in [-0.39, 0.29) is 137 Å². The van der Waals surface area contributed by atoms with Crippen molar-refractivity contribution in [1.29, 1.82) is 0 Å². The number of aliphatic hydroxyl groups excluding tert-OH is 3. The number of amides is 9. The van der Waals surface area contributed by atoms with E-state index in [1.54, 1.807) is 63.0 Å². The summed E-state index contributed by atoms with van der Waals surface area (Å²) in [7, 11) is 1.57. The summed E-state index contributed by atoms with van der Waals surface area (Å²) >= 11 is 0. The van der Waals surface area contributed by atoms with Gasteiger partial charge in [0.1, 0.15) is 34.9 Å². The molecule has 0 heterocycles. The van der Waals surface area contributed by atoms with Crippen LogP contribution >= 0.6 is 0 Å². The van der Waals surface area contributed by atoms with Crippen LogP contribution in [0.5, 0.6) is 0 Å². The lowest BCUT2D eigenvalue weighted by Crippen LogP contribution is -2.53. The molecule has 9 amide bonds. The van der Waals surface area contributed by atoms with Gasteiger partial charge in [-0.1, -0.05) is 138 Å². The molecule has 24 nitrogen and oxygen atoms in total. The topological polar surface area (TPSA) is 306 Å². The molecule has 0 saturated heterocycles. The first-order valence-corrected chi connectivity index (χ1v) is 46.5. The number of nitrogens with zero attached hydrogens (tertiary/aromatic N) is 6. The Morgan fingerprint density at radius 3 is 0.970 bits per heavy atom. The summed E-state index contributed by atoms with van der Waals surface area (Å²) in [5, 5.41) is 47.0. The molecule has 0 spiro atoms. The summed E-state index contributed by atoms with van der Waals surface area (Å²) in [4.78, 5) is 124. The number of hydrogen-bond acceptors (Lipinski definition) is 15. The van der Waals surface area contributed by atoms with Crippen molar-refractivity contribution < 1.29 is 84.8 Å². The van der Waals surface area contributed by atoms with Crippen molar-refractivity contribution in [3.05, 3.63) is 247 Å². The Bertz CT molecular complexity index is 5110. The molecule has 0 aliphatic heterocycles. The molecule has 7 aromatic carbocycles. The summed E-state index contributed by atoms with van der Waals surface area (Å²) < 4.78 is 84.4. The van der Waals surface area contributed by atoms with Crippen molar-refractivity contribution in [3.63, 3.8) is 0 Å². The molecule has 0 aromatic heterocycles. The van der Waals surface area contributed by atoms with Crippen LogP contribution in [0.3, 0.4) is 0 Å². The van der Waals surface area contributed by atoms with E-state index in [2.05, 4.69) is 55.9 Å². The summed E-state index contributed by atoms with van der Waals surface area (Å²) in [6.45, 7) is 29.1. The largest absolute Gasteiger partial charge is 0.390 e. The van der Waals surface area contributed by atoms with Gasteiger partial charge in [0.05, 0.1) is 42.9 Å². The summed E-state index contributed by atoms with van der Waals surface area (Å²) in [6.07, 6.45) is 14.8. The number of hydrazine groups is 3. The third kappa shape index (κ3) is 40.5. The fraction of sp³-hybridized carbons (Fsp3) is 0.457. The van der Waals surface area contributed by atoms with E-state index < -0.39 is 89.1 Å². The molecular formula is C105H136F6N12O12. The van der Waals surface area contributed by atoms with Crippen LogP contribution in [0.1, 0.15) is 262 Å². The van der Waals surface area contributed by atoms with Gasteiger partial charge in [-0.2, -0.15) is 0 Å². The number of carbonyl (C=O) groups excluding carboxylic acids is 9. The number of aliphatic hydroxyl groups is 3. The average molecular weight is 1870 g/mol. The van der Waals surface area contributed by atoms with E-state index in [0.717, 1.165) is 112 Å². The summed E-state index contributed by atoms with van der Waals surface area (Å²) in [5.74, 6) is 2.90. The Kier molecular flexibility index (Phi) is 49.9. The van der Waals surface area contributed by atoms with Crippen molar-refractivity contribution in [1.82, 2.24) is 62.0 Å². The molecule has 6 atom stereocenters. The third-order valence-electron chi connectivity index (χ3n) is 21.1. The fourth-order valence-corrected chi connectivity index (χ4v) is 15.1. The number of halogens is 6. The third-order valence-corrected chi connectivity index (χ3v) is 21.1. The smallest absolute Gasteiger partial charge is 0.253 e. The highest BCUT2D eigenvalue weighted by Crippen LogP contribution is 2.23. The molecule has 0 saturated carbocycles. The maximum atomic E-state index is 14.1. The van der Waals surface area contributed by atoms with Crippen LogP contribution in [0.25, 0.3) is 0 Å². The first kappa shape index (κ1) is 113. The highest BCUT2D eigenvalue weighted by molar-refractivity contribution is 6.03. The fourth-order valence-electron chi connectivity index (χ4n) is 15.1. The molecule has 0 aliphatic carbocycles. The summed E-state index contributed by atoms with van der Waals surface area (Å²) in [5.41, 5.74) is 12.1. The lowest BCUT2D eigenvalue weighted by molar-refractivity contribution is -0.128. The molecule has 0 bridgehead atoms. The minimum absolute atomic E-state index is 0.0519. The molecule has 30 heteroatoms. The van der Waals surface area contributed by atoms with Gasteiger partial charge in [0.15, 0.2) is 0 Å². The zero-order valence-corrected chi connectivity index (χ0v) is 80.4. The van der Waals surface area contributed by atoms with Gasteiger partial charge in [0.2, 0.25) is 17.7 Å². The monoisotopic (exact) mass is 1870 g/mol. The number of rotatable bonds is 50. The van der Waals surface area contributed by atoms with Crippen molar-refractivity contribution >= 4 is 53.2 Å². The average Bonchev–Trinajstić information content (AvgIpc) is 0.823. The van der Waals surface area contributed by atoms with Crippen LogP contribution in [0.2, 0.25) is 0 Å². The highest BCUT2D eigenvalue weighted by atomic mass is 19.2. The molecule has 0 radical (unpaired) electrons. The second-order valence-corrected chi connectivity index (χ2v) is 34.4. The van der Waals surface area contributed by atoms with Crippen LogP contribution in [-0.2, 0) is 40.1 Å². The molecular weight excluding hydrogens is 1740 g/mol. The second-order valence-electron chi connectivity index (χ2n) is 34.4. The molecule has 9 N–H and O–H groups in total. The predicted molar refractivity (Wildman–Crippen MR) is 514 cm³/mol. The molecule has 730 valence electrons. The number of nitrogens with one attached hydrogen (secondary N) is 6. The minimum atomic E-state index is -1.28. The minimum Gasteiger partial charge on any atom is -0.390 e. The lowest BCUT2D eigenvalue weighted by Gasteiger charge is -2.31. The Morgan fingerprint density at radius 1 is 0.363 bits per heavy atom. The first-order chi connectivity index (χ1) is 64.3. The maximum Gasteiger partial charge on any atom is 0.253 e. The van der Waals surface area contributed by atoms with Crippen molar-refractivity contribution in [3.8, 4) is 36.5 Å². The van der Waals surface area contributed by atoms with Gasteiger partial charge in [0, 0.05) is 160 Å². The molecule has 135 heavy (non-hydrogen) atoms. The molecule has 7 rings (SSSR count).